The first-order valence-electron chi connectivity index (χ1n) is 27.5. The van der Waals surface area contributed by atoms with E-state index >= 15 is 0 Å². The van der Waals surface area contributed by atoms with Gasteiger partial charge in [0, 0.05) is 151 Å². The van der Waals surface area contributed by atoms with Gasteiger partial charge in [-0.15, -0.1) is 0 Å². The highest BCUT2D eigenvalue weighted by molar-refractivity contribution is 6.10. The lowest BCUT2D eigenvalue weighted by Gasteiger charge is -2.09. The fourth-order valence-electron chi connectivity index (χ4n) is 9.21. The van der Waals surface area contributed by atoms with Gasteiger partial charge in [-0.3, -0.25) is 47.9 Å². The van der Waals surface area contributed by atoms with Gasteiger partial charge in [-0.25, -0.2) is 15.0 Å². The number of aromatic nitrogens is 11. The Morgan fingerprint density at radius 3 is 1.11 bits per heavy atom. The lowest BCUT2D eigenvalue weighted by Crippen LogP contribution is -3.05. The number of rotatable bonds is 25. The molecule has 0 fully saturated rings. The van der Waals surface area contributed by atoms with Crippen molar-refractivity contribution in [1.29, 1.82) is 0 Å². The maximum atomic E-state index is 13.5. The number of quaternary nitrogens is 1. The molecule has 0 radical (unpaired) electrons. The minimum atomic E-state index is -0.661. The van der Waals surface area contributed by atoms with Gasteiger partial charge in [0.1, 0.15) is 28.5 Å². The van der Waals surface area contributed by atoms with Crippen LogP contribution in [-0.4, -0.2) is 151 Å². The number of imidazole rings is 3. The second-order valence-corrected chi connectivity index (χ2v) is 21.1. The number of hydrogen-bond acceptors (Lipinski definition) is 13. The molecule has 11 N–H and O–H groups in total. The summed E-state index contributed by atoms with van der Waals surface area (Å²) in [6, 6.07) is 7.38. The Morgan fingerprint density at radius 1 is 0.375 bits per heavy atom. The zero-order valence-corrected chi connectivity index (χ0v) is 50.0. The number of nitrogens with one attached hydrogen (secondary N) is 11. The Morgan fingerprint density at radius 2 is 0.727 bits per heavy atom. The van der Waals surface area contributed by atoms with Crippen LogP contribution < -0.4 is 58.1 Å². The van der Waals surface area contributed by atoms with E-state index in [4.69, 9.17) is 0 Å². The molecule has 10 amide bonds. The third-order valence-corrected chi connectivity index (χ3v) is 13.6. The topological polar surface area (TPSA) is 374 Å². The monoisotopic (exact) mass is 1210 g/mol. The van der Waals surface area contributed by atoms with Gasteiger partial charge in [0.2, 0.25) is 23.5 Å². The van der Waals surface area contributed by atoms with Crippen molar-refractivity contribution in [1.82, 2.24) is 67.4 Å². The minimum absolute atomic E-state index is 0.0420. The zero-order valence-electron chi connectivity index (χ0n) is 50.0. The third kappa shape index (κ3) is 15.5. The number of carbonyl (C=O) groups is 10. The van der Waals surface area contributed by atoms with Crippen molar-refractivity contribution in [2.75, 3.05) is 77.5 Å². The van der Waals surface area contributed by atoms with Crippen molar-refractivity contribution in [3.8, 4) is 0 Å². The molecule has 32 nitrogen and oxygen atoms in total. The van der Waals surface area contributed by atoms with E-state index in [1.165, 1.54) is 98.2 Å². The Hall–Kier alpha value is -11.3. The smallest absolute Gasteiger partial charge is 0.292 e. The quantitative estimate of drug-likeness (QED) is 0.0350. The van der Waals surface area contributed by atoms with Gasteiger partial charge in [-0.05, 0) is 30.3 Å². The number of aryl methyl sites for hydroxylation is 8. The van der Waals surface area contributed by atoms with Crippen LogP contribution in [0, 0.1) is 0 Å². The SMILES string of the molecule is Cn1cc(NC(=O)c2cc(NC(=O)c3cc(NC(=O)c4cc(NC(=O)CCNC(=O)c5cc(NC(=O)c6nc(NC(=O)c7nc(NC(=O)c8nccn8C)cn7C)cn6C)cn5C)cn4C)cn3C)cn2C)cc1C(=O)NCCC(=O)NCCC[NH+](C)C. The van der Waals surface area contributed by atoms with Crippen LogP contribution in [0.25, 0.3) is 0 Å². The molecule has 0 atom stereocenters. The number of hydrogen-bond donors (Lipinski definition) is 11. The molecule has 0 aliphatic carbocycles. The normalized spacial score (nSPS) is 11.0. The lowest BCUT2D eigenvalue weighted by atomic mass is 10.3. The summed E-state index contributed by atoms with van der Waals surface area (Å²) in [5, 5.41) is 27.2. The Bertz CT molecular complexity index is 4000. The Labute approximate surface area is 503 Å². The summed E-state index contributed by atoms with van der Waals surface area (Å²) in [4.78, 5) is 145. The molecule has 8 rings (SSSR count). The molecule has 0 saturated heterocycles. The highest BCUT2D eigenvalue weighted by atomic mass is 16.2. The van der Waals surface area contributed by atoms with Crippen LogP contribution in [0.3, 0.4) is 0 Å². The van der Waals surface area contributed by atoms with Crippen LogP contribution in [0.2, 0.25) is 0 Å². The number of amides is 10. The number of carbonyl (C=O) groups excluding carboxylic acids is 10. The molecule has 0 saturated carbocycles. The largest absolute Gasteiger partial charge is 0.356 e. The lowest BCUT2D eigenvalue weighted by molar-refractivity contribution is -0.858. The van der Waals surface area contributed by atoms with Crippen LogP contribution in [-0.2, 0) is 66.0 Å². The average Bonchev–Trinajstić information content (AvgIpc) is 4.28. The summed E-state index contributed by atoms with van der Waals surface area (Å²) in [5.41, 5.74) is 2.52. The molecular formula is C56H69N22O10+. The maximum absolute atomic E-state index is 13.5. The van der Waals surface area contributed by atoms with Crippen molar-refractivity contribution in [2.24, 2.45) is 56.4 Å². The van der Waals surface area contributed by atoms with Gasteiger partial charge in [0.15, 0.2) is 17.5 Å². The second-order valence-electron chi connectivity index (χ2n) is 21.1. The standard InChI is InChI=1S/C56H68N22O10/c1-70(2)18-11-14-57-44(79)12-15-59-49(81)37-21-33(26-72(37)4)62-52(84)40-24-35(28-75(40)7)64-53(85)41-23-34(27-76(41)8)63-51(83)39-20-32(25-74(39)6)61-45(80)13-16-60-50(82)38-22-36(29-73(38)5)65-55(87)47-66-43(31-77(47)9)69-56(88)48-67-42(30-78(48)10)68-54(86)46-58-17-19-71(46)3/h17,19-31H,11-16,18H2,1-10H3,(H,57,79)(H,59,81)(H,60,82)(H,61,80)(H,62,84)(H,63,83)(H,64,85)(H,65,87)(H,68,86)(H,69,88)/p+1. The maximum Gasteiger partial charge on any atom is 0.292 e. The number of anilines is 7. The third-order valence-electron chi connectivity index (χ3n) is 13.6. The van der Waals surface area contributed by atoms with Gasteiger partial charge >= 0.3 is 0 Å². The first kappa shape index (κ1) is 62.7. The van der Waals surface area contributed by atoms with E-state index in [1.54, 1.807) is 85.7 Å². The van der Waals surface area contributed by atoms with Gasteiger partial charge in [0.25, 0.3) is 47.3 Å². The highest BCUT2D eigenvalue weighted by Crippen LogP contribution is 2.22. The minimum Gasteiger partial charge on any atom is -0.356 e. The molecule has 32 heteroatoms. The van der Waals surface area contributed by atoms with E-state index in [-0.39, 0.29) is 95.1 Å². The first-order valence-corrected chi connectivity index (χ1v) is 27.5. The first-order chi connectivity index (χ1) is 41.8. The summed E-state index contributed by atoms with van der Waals surface area (Å²) in [5.74, 6) is -4.79. The van der Waals surface area contributed by atoms with Crippen molar-refractivity contribution >= 4 is 99.1 Å². The van der Waals surface area contributed by atoms with Crippen molar-refractivity contribution in [3.63, 3.8) is 0 Å². The summed E-state index contributed by atoms with van der Waals surface area (Å²) < 4.78 is 11.9. The average molecular weight is 1210 g/mol. The van der Waals surface area contributed by atoms with E-state index in [9.17, 15) is 47.9 Å². The highest BCUT2D eigenvalue weighted by Gasteiger charge is 2.24. The molecular weight excluding hydrogens is 1140 g/mol. The molecule has 88 heavy (non-hydrogen) atoms. The second kappa shape index (κ2) is 27.2. The van der Waals surface area contributed by atoms with Crippen LogP contribution in [0.1, 0.15) is 104 Å². The van der Waals surface area contributed by atoms with Gasteiger partial charge in [-0.1, -0.05) is 0 Å². The van der Waals surface area contributed by atoms with Crippen LogP contribution in [0.4, 0.5) is 40.1 Å². The molecule has 0 unspecified atom stereocenters. The molecule has 0 aliphatic rings. The van der Waals surface area contributed by atoms with E-state index in [2.05, 4.69) is 68.1 Å². The van der Waals surface area contributed by atoms with Crippen LogP contribution in [0.15, 0.2) is 86.1 Å². The molecule has 8 aromatic rings. The summed E-state index contributed by atoms with van der Waals surface area (Å²) >= 11 is 0. The van der Waals surface area contributed by atoms with E-state index in [0.29, 0.717) is 29.3 Å². The molecule has 0 spiro atoms. The van der Waals surface area contributed by atoms with Crippen molar-refractivity contribution in [3.05, 3.63) is 132 Å². The predicted molar refractivity (Wildman–Crippen MR) is 322 cm³/mol. The number of nitrogens with zero attached hydrogens (tertiary/aromatic N) is 11. The summed E-state index contributed by atoms with van der Waals surface area (Å²) in [6.07, 6.45) is 14.5. The Balaban J connectivity index is 0.760. The molecule has 8 aromatic heterocycles. The zero-order chi connectivity index (χ0) is 63.7. The Kier molecular flexibility index (Phi) is 19.4. The van der Waals surface area contributed by atoms with Gasteiger partial charge in [-0.2, -0.15) is 0 Å². The van der Waals surface area contributed by atoms with Gasteiger partial charge in [0.05, 0.1) is 49.1 Å². The van der Waals surface area contributed by atoms with Crippen molar-refractivity contribution in [2.45, 2.75) is 19.3 Å². The predicted octanol–water partition coefficient (Wildman–Crippen LogP) is 0.623. The molecule has 462 valence electrons. The molecule has 0 bridgehead atoms. The van der Waals surface area contributed by atoms with E-state index in [1.807, 2.05) is 14.1 Å². The van der Waals surface area contributed by atoms with Crippen molar-refractivity contribution < 1.29 is 52.8 Å². The van der Waals surface area contributed by atoms with Crippen LogP contribution >= 0.6 is 0 Å². The molecule has 0 aliphatic heterocycles. The molecule has 8 heterocycles. The fourth-order valence-corrected chi connectivity index (χ4v) is 9.21. The van der Waals surface area contributed by atoms with E-state index < -0.39 is 53.2 Å². The van der Waals surface area contributed by atoms with Crippen LogP contribution in [0.5, 0.6) is 0 Å². The summed E-state index contributed by atoms with van der Waals surface area (Å²) in [6.45, 7) is 1.56. The van der Waals surface area contributed by atoms with E-state index in [0.717, 1.165) is 13.0 Å². The fraction of sp³-hybridized carbons (Fsp3) is 0.304. The molecule has 0 aromatic carbocycles. The summed E-state index contributed by atoms with van der Waals surface area (Å²) in [7, 11) is 17.0. The van der Waals surface area contributed by atoms with Gasteiger partial charge < -0.3 is 94.6 Å².